The van der Waals surface area contributed by atoms with Gasteiger partial charge in [0.2, 0.25) is 5.91 Å². The number of aromatic nitrogens is 2. The van der Waals surface area contributed by atoms with Gasteiger partial charge in [0.05, 0.1) is 25.4 Å². The lowest BCUT2D eigenvalue weighted by Crippen LogP contribution is -2.74. The Morgan fingerprint density at radius 1 is 0.944 bits per heavy atom. The number of rotatable bonds is 12. The Kier molecular flexibility index (Phi) is 13.9. The minimum absolute atomic E-state index is 0.0481. The molecule has 3 aromatic carbocycles. The molecule has 16 heteroatoms. The highest BCUT2D eigenvalue weighted by Crippen LogP contribution is 2.56. The highest BCUT2D eigenvalue weighted by atomic mass is 19.3. The SMILES string of the molecule is COc1cc(OC2C(C)(C)C(NC(=O)c3ccc(N4CCC[C@@H](N5CCC(NC6=C(C(=N)N7CCCc8cc(-c9cnn(C)c9)c(C(F)F)cc87)CN(C(C)=O)CC6)CC5)C4)cc3)C2(C)C)ccc1C#N. The number of piperidine rings is 2. The number of aryl methyl sites for hydroxylation is 2. The number of hydrogen-bond donors (Lipinski definition) is 3. The van der Waals surface area contributed by atoms with Crippen LogP contribution in [0.3, 0.4) is 0 Å². The van der Waals surface area contributed by atoms with Crippen molar-refractivity contribution in [2.24, 2.45) is 17.9 Å². The van der Waals surface area contributed by atoms with Crippen LogP contribution in [-0.4, -0.2) is 114 Å². The largest absolute Gasteiger partial charge is 0.495 e. The van der Waals surface area contributed by atoms with Crippen LogP contribution in [0.1, 0.15) is 107 Å². The third-order valence-corrected chi connectivity index (χ3v) is 15.9. The van der Waals surface area contributed by atoms with Crippen molar-refractivity contribution in [3.8, 4) is 28.7 Å². The molecule has 2 saturated heterocycles. The monoisotopic (exact) mass is 971 g/mol. The molecule has 1 aliphatic carbocycles. The van der Waals surface area contributed by atoms with Crippen molar-refractivity contribution in [2.75, 3.05) is 62.7 Å². The van der Waals surface area contributed by atoms with Gasteiger partial charge in [-0.3, -0.25) is 24.6 Å². The fourth-order valence-electron chi connectivity index (χ4n) is 12.4. The number of hydrogen-bond acceptors (Lipinski definition) is 10. The number of likely N-dealkylation sites (tertiary alicyclic amines) is 1. The molecule has 5 aliphatic rings. The van der Waals surface area contributed by atoms with E-state index >= 15 is 0 Å². The molecule has 4 aliphatic heterocycles. The third-order valence-electron chi connectivity index (χ3n) is 15.9. The summed E-state index contributed by atoms with van der Waals surface area (Å²) in [4.78, 5) is 35.2. The van der Waals surface area contributed by atoms with E-state index in [1.54, 1.807) is 60.2 Å². The predicted molar refractivity (Wildman–Crippen MR) is 271 cm³/mol. The Bertz CT molecular complexity index is 2720. The number of anilines is 2. The van der Waals surface area contributed by atoms with Crippen molar-refractivity contribution in [3.05, 3.63) is 101 Å². The lowest BCUT2D eigenvalue weighted by atomic mass is 9.49. The summed E-state index contributed by atoms with van der Waals surface area (Å²) in [6.45, 7) is 15.1. The van der Waals surface area contributed by atoms with Crippen molar-refractivity contribution in [3.63, 3.8) is 0 Å². The van der Waals surface area contributed by atoms with Crippen LogP contribution in [0.15, 0.2) is 78.3 Å². The van der Waals surface area contributed by atoms with E-state index in [2.05, 4.69) is 71.4 Å². The van der Waals surface area contributed by atoms with E-state index in [1.807, 2.05) is 23.1 Å². The van der Waals surface area contributed by atoms with Crippen LogP contribution in [0, 0.1) is 27.6 Å². The zero-order chi connectivity index (χ0) is 50.4. The van der Waals surface area contributed by atoms with Gasteiger partial charge in [-0.15, -0.1) is 0 Å². The number of methoxy groups -OCH3 is 1. The number of nitrogens with zero attached hydrogens (tertiary/aromatic N) is 7. The lowest BCUT2D eigenvalue weighted by molar-refractivity contribution is -0.164. The fraction of sp³-hybridized carbons (Fsp3) is 0.509. The normalized spacial score (nSPS) is 22.3. The maximum atomic E-state index is 14.7. The molecule has 4 aromatic rings. The number of carbonyl (C=O) groups is 2. The Morgan fingerprint density at radius 3 is 2.35 bits per heavy atom. The fourth-order valence-corrected chi connectivity index (χ4v) is 12.4. The first-order chi connectivity index (χ1) is 34.0. The summed E-state index contributed by atoms with van der Waals surface area (Å²) in [7, 11) is 3.30. The van der Waals surface area contributed by atoms with Gasteiger partial charge in [0.15, 0.2) is 0 Å². The minimum Gasteiger partial charge on any atom is -0.495 e. The molecule has 0 spiro atoms. The molecule has 3 N–H and O–H groups in total. The maximum absolute atomic E-state index is 14.7. The van der Waals surface area contributed by atoms with Gasteiger partial charge in [0, 0.05) is 140 Å². The minimum atomic E-state index is -2.70. The van der Waals surface area contributed by atoms with Crippen LogP contribution < -0.4 is 29.9 Å². The molecule has 9 rings (SSSR count). The van der Waals surface area contributed by atoms with E-state index in [4.69, 9.17) is 9.47 Å². The number of benzene rings is 3. The Morgan fingerprint density at radius 2 is 1.69 bits per heavy atom. The lowest BCUT2D eigenvalue weighted by Gasteiger charge is -2.63. The van der Waals surface area contributed by atoms with Crippen LogP contribution in [0.5, 0.6) is 11.5 Å². The topological polar surface area (TPSA) is 155 Å². The average Bonchev–Trinajstić information content (AvgIpc) is 3.82. The molecular formula is C55H68F2N10O4. The number of nitrogens with one attached hydrogen (secondary N) is 3. The second kappa shape index (κ2) is 20.0. The van der Waals surface area contributed by atoms with Crippen molar-refractivity contribution in [1.82, 2.24) is 30.2 Å². The predicted octanol–water partition coefficient (Wildman–Crippen LogP) is 8.48. The molecular weight excluding hydrogens is 903 g/mol. The van der Waals surface area contributed by atoms with E-state index in [1.165, 1.54) is 7.11 Å². The average molecular weight is 971 g/mol. The molecule has 5 heterocycles. The summed E-state index contributed by atoms with van der Waals surface area (Å²) in [6.07, 6.45) is 6.63. The van der Waals surface area contributed by atoms with E-state index in [0.717, 1.165) is 87.2 Å². The van der Waals surface area contributed by atoms with Crippen LogP contribution in [0.2, 0.25) is 0 Å². The number of halogens is 2. The summed E-state index contributed by atoms with van der Waals surface area (Å²) in [5, 5.41) is 30.5. The van der Waals surface area contributed by atoms with Crippen LogP contribution in [-0.2, 0) is 18.3 Å². The van der Waals surface area contributed by atoms with Crippen LogP contribution in [0.4, 0.5) is 20.2 Å². The molecule has 3 fully saturated rings. The molecule has 1 saturated carbocycles. The van der Waals surface area contributed by atoms with Gasteiger partial charge >= 0.3 is 0 Å². The van der Waals surface area contributed by atoms with Gasteiger partial charge in [-0.1, -0.05) is 27.7 Å². The molecule has 376 valence electrons. The smallest absolute Gasteiger partial charge is 0.264 e. The summed E-state index contributed by atoms with van der Waals surface area (Å²) < 4.78 is 42.9. The number of ether oxygens (including phenoxy) is 2. The Balaban J connectivity index is 0.814. The number of fused-ring (bicyclic) bond motifs is 1. The van der Waals surface area contributed by atoms with Crippen LogP contribution in [0.25, 0.3) is 11.1 Å². The summed E-state index contributed by atoms with van der Waals surface area (Å²) in [5.74, 6) is 1.18. The quantitative estimate of drug-likeness (QED) is 0.0931. The number of nitriles is 1. The van der Waals surface area contributed by atoms with Gasteiger partial charge in [-0.2, -0.15) is 10.4 Å². The number of carbonyl (C=O) groups excluding carboxylic acids is 2. The van der Waals surface area contributed by atoms with Gasteiger partial charge in [0.1, 0.15) is 29.5 Å². The van der Waals surface area contributed by atoms with Gasteiger partial charge in [-0.05, 0) is 98.2 Å². The highest BCUT2D eigenvalue weighted by molar-refractivity contribution is 6.09. The molecule has 0 radical (unpaired) electrons. The van der Waals surface area contributed by atoms with E-state index < -0.39 is 6.43 Å². The first-order valence-electron chi connectivity index (χ1n) is 25.2. The molecule has 1 aromatic heterocycles. The van der Waals surface area contributed by atoms with E-state index in [9.17, 15) is 29.0 Å². The molecule has 0 bridgehead atoms. The summed E-state index contributed by atoms with van der Waals surface area (Å²) in [5.41, 5.74) is 5.74. The first kappa shape index (κ1) is 49.5. The third kappa shape index (κ3) is 9.82. The zero-order valence-electron chi connectivity index (χ0n) is 42.2. The zero-order valence-corrected chi connectivity index (χ0v) is 42.2. The van der Waals surface area contributed by atoms with Gasteiger partial charge in [0.25, 0.3) is 12.3 Å². The summed E-state index contributed by atoms with van der Waals surface area (Å²) in [6, 6.07) is 19.2. The Hall–Kier alpha value is -6.47. The van der Waals surface area contributed by atoms with E-state index in [-0.39, 0.29) is 52.2 Å². The van der Waals surface area contributed by atoms with Crippen molar-refractivity contribution < 1.29 is 27.8 Å². The van der Waals surface area contributed by atoms with Crippen molar-refractivity contribution in [2.45, 2.75) is 110 Å². The van der Waals surface area contributed by atoms with Crippen LogP contribution >= 0.6 is 0 Å². The van der Waals surface area contributed by atoms with Gasteiger partial charge < -0.3 is 34.8 Å². The number of amides is 2. The standard InChI is InChI=1S/C55H68F2N10O4/c1-34(68)65-25-20-46(45(33-65)50(59)67-22-8-10-36-26-43(38-30-60-63(6)31-38)44(49(56)57)28-47(36)67)61-39-18-23-64(24-19-39)41-11-9-21-66(32-41)40-15-12-35(13-16-40)51(69)62-52-54(2,3)53(55(52,4)5)71-42-17-14-37(29-58)48(27-42)70-7/h12-17,26-28,30-31,39,41,49,52-53,59,61H,8-11,18-25,32-33H2,1-7H3,(H,62,69)/t41-,52?,53?/m1/s1. The summed E-state index contributed by atoms with van der Waals surface area (Å²) >= 11 is 0. The second-order valence-electron chi connectivity index (χ2n) is 21.3. The molecule has 71 heavy (non-hydrogen) atoms. The Labute approximate surface area is 416 Å². The second-order valence-corrected chi connectivity index (χ2v) is 21.3. The number of amidine groups is 1. The van der Waals surface area contributed by atoms with Crippen molar-refractivity contribution >= 4 is 29.0 Å². The van der Waals surface area contributed by atoms with E-state index in [0.29, 0.717) is 71.5 Å². The molecule has 14 nitrogen and oxygen atoms in total. The number of alkyl halides is 2. The molecule has 2 amide bonds. The van der Waals surface area contributed by atoms with Gasteiger partial charge in [-0.25, -0.2) is 8.78 Å². The highest BCUT2D eigenvalue weighted by Gasteiger charge is 2.64. The van der Waals surface area contributed by atoms with Crippen molar-refractivity contribution in [1.29, 1.82) is 10.7 Å². The molecule has 1 atom stereocenters. The first-order valence-corrected chi connectivity index (χ1v) is 25.2. The maximum Gasteiger partial charge on any atom is 0.264 e. The molecule has 0 unspecified atom stereocenters.